The minimum Gasteiger partial charge on any atom is -0.444 e. The largest absolute Gasteiger partial charge is 0.444 e. The van der Waals surface area contributed by atoms with Crippen molar-refractivity contribution in [2.24, 2.45) is 5.92 Å². The van der Waals surface area contributed by atoms with Crippen LogP contribution in [-0.2, 0) is 4.74 Å². The number of amides is 1. The molecule has 1 fully saturated rings. The molecule has 20 heavy (non-hydrogen) atoms. The molecule has 0 spiro atoms. The van der Waals surface area contributed by atoms with E-state index in [-0.39, 0.29) is 17.6 Å². The molecule has 0 aromatic rings. The molecular weight excluding hydrogens is 286 g/mol. The van der Waals surface area contributed by atoms with E-state index in [1.165, 1.54) is 6.92 Å². The van der Waals surface area contributed by atoms with E-state index < -0.39 is 23.5 Å². The van der Waals surface area contributed by atoms with E-state index in [0.29, 0.717) is 12.8 Å². The van der Waals surface area contributed by atoms with Gasteiger partial charge in [-0.1, -0.05) is 6.92 Å². The number of carbonyl (C=O) groups excluding carboxylic acids is 1. The maximum atomic E-state index is 13.4. The Morgan fingerprint density at radius 1 is 1.40 bits per heavy atom. The van der Waals surface area contributed by atoms with Crippen LogP contribution in [0.25, 0.3) is 0 Å². The van der Waals surface area contributed by atoms with Crippen molar-refractivity contribution in [3.05, 3.63) is 0 Å². The van der Waals surface area contributed by atoms with Crippen molar-refractivity contribution in [2.75, 3.05) is 0 Å². The fourth-order valence-corrected chi connectivity index (χ4v) is 2.33. The van der Waals surface area contributed by atoms with Crippen LogP contribution in [0.4, 0.5) is 13.6 Å². The second-order valence-corrected chi connectivity index (χ2v) is 6.64. The topological polar surface area (TPSA) is 50.4 Å². The lowest BCUT2D eigenvalue weighted by atomic mass is 9.84. The Bertz CT molecular complexity index is 383. The van der Waals surface area contributed by atoms with Gasteiger partial charge in [0.15, 0.2) is 5.11 Å². The highest BCUT2D eigenvalue weighted by Gasteiger charge is 2.41. The summed E-state index contributed by atoms with van der Waals surface area (Å²) in [6.07, 6.45) is -0.165. The van der Waals surface area contributed by atoms with Gasteiger partial charge in [0, 0.05) is 18.4 Å². The predicted molar refractivity (Wildman–Crippen MR) is 76.9 cm³/mol. The van der Waals surface area contributed by atoms with Gasteiger partial charge in [-0.15, -0.1) is 0 Å². The highest BCUT2D eigenvalue weighted by molar-refractivity contribution is 7.80. The van der Waals surface area contributed by atoms with Gasteiger partial charge in [-0.05, 0) is 45.8 Å². The number of ether oxygens (including phenoxy) is 1. The fraction of sp³-hybridized carbons (Fsp3) is 0.846. The zero-order chi connectivity index (χ0) is 15.6. The lowest BCUT2D eigenvalue weighted by Crippen LogP contribution is -2.49. The third-order valence-electron chi connectivity index (χ3n) is 3.13. The van der Waals surface area contributed by atoms with Crippen LogP contribution in [0.1, 0.15) is 47.0 Å². The number of hydrogen-bond donors (Lipinski definition) is 2. The molecule has 1 saturated carbocycles. The van der Waals surface area contributed by atoms with Gasteiger partial charge in [0.25, 0.3) is 5.92 Å². The summed E-state index contributed by atoms with van der Waals surface area (Å²) in [6, 6.07) is -0.146. The first-order valence-electron chi connectivity index (χ1n) is 6.68. The molecule has 1 aliphatic rings. The molecule has 1 rings (SSSR count). The van der Waals surface area contributed by atoms with Gasteiger partial charge in [-0.3, -0.25) is 5.32 Å². The molecule has 116 valence electrons. The van der Waals surface area contributed by atoms with Crippen molar-refractivity contribution >= 4 is 23.4 Å². The number of halogens is 2. The molecule has 2 unspecified atom stereocenters. The van der Waals surface area contributed by atoms with Crippen LogP contribution in [0.15, 0.2) is 0 Å². The maximum Gasteiger partial charge on any atom is 0.413 e. The SMILES string of the molecule is CC1CC(NC(=S)NC(=O)OC(C)(C)C)CCC1(F)F. The number of alkyl carbamates (subject to hydrolysis) is 1. The third kappa shape index (κ3) is 5.56. The molecule has 0 aromatic heterocycles. The lowest BCUT2D eigenvalue weighted by molar-refractivity contribution is -0.0837. The van der Waals surface area contributed by atoms with E-state index in [1.54, 1.807) is 20.8 Å². The molecule has 0 aromatic carbocycles. The number of alkyl halides is 2. The van der Waals surface area contributed by atoms with Gasteiger partial charge in [0.1, 0.15) is 5.60 Å². The van der Waals surface area contributed by atoms with E-state index in [4.69, 9.17) is 17.0 Å². The van der Waals surface area contributed by atoms with Crippen LogP contribution in [-0.4, -0.2) is 28.8 Å². The first kappa shape index (κ1) is 17.1. The molecule has 0 heterocycles. The molecule has 4 nitrogen and oxygen atoms in total. The molecule has 0 bridgehead atoms. The van der Waals surface area contributed by atoms with Crippen LogP contribution in [0, 0.1) is 5.92 Å². The fourth-order valence-electron chi connectivity index (χ4n) is 2.08. The van der Waals surface area contributed by atoms with Gasteiger partial charge < -0.3 is 10.1 Å². The molecule has 2 N–H and O–H groups in total. The maximum absolute atomic E-state index is 13.4. The Morgan fingerprint density at radius 3 is 2.50 bits per heavy atom. The zero-order valence-corrected chi connectivity index (χ0v) is 13.1. The molecule has 1 amide bonds. The second-order valence-electron chi connectivity index (χ2n) is 6.23. The smallest absolute Gasteiger partial charge is 0.413 e. The Morgan fingerprint density at radius 2 is 2.00 bits per heavy atom. The van der Waals surface area contributed by atoms with Crippen LogP contribution >= 0.6 is 12.2 Å². The van der Waals surface area contributed by atoms with E-state index in [2.05, 4.69) is 10.6 Å². The monoisotopic (exact) mass is 308 g/mol. The van der Waals surface area contributed by atoms with Crippen molar-refractivity contribution in [1.29, 1.82) is 0 Å². The molecule has 0 aliphatic heterocycles. The number of nitrogens with one attached hydrogen (secondary N) is 2. The highest BCUT2D eigenvalue weighted by Crippen LogP contribution is 2.37. The van der Waals surface area contributed by atoms with Crippen molar-refractivity contribution in [3.8, 4) is 0 Å². The summed E-state index contributed by atoms with van der Waals surface area (Å²) in [5.41, 5.74) is -0.610. The third-order valence-corrected chi connectivity index (χ3v) is 3.35. The Kier molecular flexibility index (Phi) is 5.29. The summed E-state index contributed by atoms with van der Waals surface area (Å²) in [5.74, 6) is -3.31. The first-order chi connectivity index (χ1) is 8.99. The van der Waals surface area contributed by atoms with Gasteiger partial charge in [-0.2, -0.15) is 0 Å². The normalized spacial score (nSPS) is 25.7. The zero-order valence-electron chi connectivity index (χ0n) is 12.3. The van der Waals surface area contributed by atoms with Gasteiger partial charge in [-0.25, -0.2) is 13.6 Å². The van der Waals surface area contributed by atoms with Crippen LogP contribution < -0.4 is 10.6 Å². The standard InChI is InChI=1S/C13H22F2N2O2S/c1-8-7-9(5-6-13(8,14)15)16-10(20)17-11(18)19-12(2,3)4/h8-9H,5-7H2,1-4H3,(H2,16,17,18,20). The molecule has 0 radical (unpaired) electrons. The van der Waals surface area contributed by atoms with E-state index in [0.717, 1.165) is 0 Å². The minimum absolute atomic E-state index is 0.113. The molecular formula is C13H22F2N2O2S. The molecule has 2 atom stereocenters. The van der Waals surface area contributed by atoms with Gasteiger partial charge >= 0.3 is 6.09 Å². The number of rotatable bonds is 1. The van der Waals surface area contributed by atoms with E-state index in [1.807, 2.05) is 0 Å². The van der Waals surface area contributed by atoms with Crippen LogP contribution in [0.3, 0.4) is 0 Å². The summed E-state index contributed by atoms with van der Waals surface area (Å²) in [5, 5.41) is 5.39. The predicted octanol–water partition coefficient (Wildman–Crippen LogP) is 3.21. The van der Waals surface area contributed by atoms with Crippen molar-refractivity contribution in [2.45, 2.75) is 64.5 Å². The summed E-state index contributed by atoms with van der Waals surface area (Å²) >= 11 is 4.99. The Labute approximate surface area is 123 Å². The molecule has 7 heteroatoms. The average molecular weight is 308 g/mol. The minimum atomic E-state index is -2.61. The Hall–Kier alpha value is -0.980. The highest BCUT2D eigenvalue weighted by atomic mass is 32.1. The van der Waals surface area contributed by atoms with Crippen LogP contribution in [0.5, 0.6) is 0 Å². The number of thiocarbonyl (C=S) groups is 1. The van der Waals surface area contributed by atoms with Crippen molar-refractivity contribution in [1.82, 2.24) is 10.6 Å². The van der Waals surface area contributed by atoms with Gasteiger partial charge in [0.2, 0.25) is 0 Å². The molecule has 1 aliphatic carbocycles. The van der Waals surface area contributed by atoms with E-state index in [9.17, 15) is 13.6 Å². The quantitative estimate of drug-likeness (QED) is 0.730. The first-order valence-corrected chi connectivity index (χ1v) is 7.09. The summed E-state index contributed by atoms with van der Waals surface area (Å²) < 4.78 is 31.8. The summed E-state index contributed by atoms with van der Waals surface area (Å²) in [7, 11) is 0. The van der Waals surface area contributed by atoms with E-state index >= 15 is 0 Å². The van der Waals surface area contributed by atoms with Crippen molar-refractivity contribution < 1.29 is 18.3 Å². The number of hydrogen-bond acceptors (Lipinski definition) is 3. The molecule has 0 saturated heterocycles. The summed E-state index contributed by atoms with van der Waals surface area (Å²) in [6.45, 7) is 6.76. The summed E-state index contributed by atoms with van der Waals surface area (Å²) in [4.78, 5) is 11.5. The number of carbonyl (C=O) groups is 1. The lowest BCUT2D eigenvalue weighted by Gasteiger charge is -2.34. The Balaban J connectivity index is 2.39. The van der Waals surface area contributed by atoms with Gasteiger partial charge in [0.05, 0.1) is 0 Å². The second kappa shape index (κ2) is 6.20. The average Bonchev–Trinajstić information content (AvgIpc) is 2.20. The van der Waals surface area contributed by atoms with Crippen LogP contribution in [0.2, 0.25) is 0 Å². The van der Waals surface area contributed by atoms with Crippen molar-refractivity contribution in [3.63, 3.8) is 0 Å².